The molecule has 2 atom stereocenters. The number of aryl methyl sites for hydroxylation is 1. The van der Waals surface area contributed by atoms with Gasteiger partial charge in [0.05, 0.1) is 18.2 Å². The van der Waals surface area contributed by atoms with Crippen LogP contribution in [0.4, 0.5) is 0 Å². The summed E-state index contributed by atoms with van der Waals surface area (Å²) in [7, 11) is 1.70. The Morgan fingerprint density at radius 2 is 2.14 bits per heavy atom. The third-order valence-electron chi connectivity index (χ3n) is 3.96. The molecule has 0 aliphatic carbocycles. The van der Waals surface area contributed by atoms with Crippen molar-refractivity contribution in [2.75, 3.05) is 13.7 Å². The SMILES string of the molecule is CCCC1NC(c2ccc(C)s2)N(CC(C)(C)OC)C1=O. The number of nitrogens with zero attached hydrogens (tertiary/aromatic N) is 1. The summed E-state index contributed by atoms with van der Waals surface area (Å²) in [6, 6.07) is 4.15. The Labute approximate surface area is 131 Å². The Balaban J connectivity index is 2.24. The molecule has 0 aromatic carbocycles. The Morgan fingerprint density at radius 3 is 2.67 bits per heavy atom. The van der Waals surface area contributed by atoms with E-state index in [1.165, 1.54) is 9.75 Å². The van der Waals surface area contributed by atoms with Crippen LogP contribution < -0.4 is 5.32 Å². The second-order valence-electron chi connectivity index (χ2n) is 6.29. The van der Waals surface area contributed by atoms with Crippen LogP contribution in [0.1, 0.15) is 49.5 Å². The highest BCUT2D eigenvalue weighted by Crippen LogP contribution is 2.32. The first-order chi connectivity index (χ1) is 9.88. The molecule has 2 heterocycles. The van der Waals surface area contributed by atoms with Crippen LogP contribution >= 0.6 is 11.3 Å². The molecule has 0 saturated carbocycles. The van der Waals surface area contributed by atoms with Gasteiger partial charge in [0.25, 0.3) is 0 Å². The molecule has 0 spiro atoms. The van der Waals surface area contributed by atoms with Gasteiger partial charge in [-0.2, -0.15) is 0 Å². The van der Waals surface area contributed by atoms with Crippen molar-refractivity contribution in [1.82, 2.24) is 10.2 Å². The van der Waals surface area contributed by atoms with Crippen LogP contribution in [0.2, 0.25) is 0 Å². The first-order valence-electron chi connectivity index (χ1n) is 7.56. The highest BCUT2D eigenvalue weighted by molar-refractivity contribution is 7.12. The van der Waals surface area contributed by atoms with Crippen LogP contribution in [0.25, 0.3) is 0 Å². The first-order valence-corrected chi connectivity index (χ1v) is 8.37. The number of carbonyl (C=O) groups is 1. The van der Waals surface area contributed by atoms with E-state index in [0.717, 1.165) is 12.8 Å². The van der Waals surface area contributed by atoms with Crippen molar-refractivity contribution in [2.24, 2.45) is 0 Å². The summed E-state index contributed by atoms with van der Waals surface area (Å²) in [6.45, 7) is 8.84. The molecule has 4 nitrogen and oxygen atoms in total. The van der Waals surface area contributed by atoms with E-state index in [1.807, 2.05) is 18.7 Å². The summed E-state index contributed by atoms with van der Waals surface area (Å²) >= 11 is 1.75. The predicted octanol–water partition coefficient (Wildman–Crippen LogP) is 3.08. The van der Waals surface area contributed by atoms with Crippen LogP contribution in [0, 0.1) is 6.92 Å². The van der Waals surface area contributed by atoms with Gasteiger partial charge in [-0.15, -0.1) is 11.3 Å². The number of carbonyl (C=O) groups excluding carboxylic acids is 1. The van der Waals surface area contributed by atoms with Gasteiger partial charge in [-0.25, -0.2) is 0 Å². The molecule has 118 valence electrons. The van der Waals surface area contributed by atoms with Gasteiger partial charge in [0.15, 0.2) is 0 Å². The maximum atomic E-state index is 12.7. The average Bonchev–Trinajstić information content (AvgIpc) is 2.97. The maximum absolute atomic E-state index is 12.7. The van der Waals surface area contributed by atoms with Crippen LogP contribution in [-0.2, 0) is 9.53 Å². The average molecular weight is 310 g/mol. The van der Waals surface area contributed by atoms with Gasteiger partial charge in [-0.3, -0.25) is 10.1 Å². The number of nitrogens with one attached hydrogen (secondary N) is 1. The number of amides is 1. The number of methoxy groups -OCH3 is 1. The number of thiophene rings is 1. The highest BCUT2D eigenvalue weighted by Gasteiger charge is 2.41. The second-order valence-corrected chi connectivity index (χ2v) is 7.61. The Kier molecular flexibility index (Phi) is 5.07. The van der Waals surface area contributed by atoms with Crippen LogP contribution in [0.15, 0.2) is 12.1 Å². The molecule has 0 bridgehead atoms. The van der Waals surface area contributed by atoms with E-state index in [1.54, 1.807) is 18.4 Å². The van der Waals surface area contributed by atoms with Gasteiger partial charge in [-0.05, 0) is 39.3 Å². The third-order valence-corrected chi connectivity index (χ3v) is 5.02. The fourth-order valence-electron chi connectivity index (χ4n) is 2.65. The van der Waals surface area contributed by atoms with Gasteiger partial charge in [0.1, 0.15) is 6.17 Å². The molecule has 1 aliphatic heterocycles. The summed E-state index contributed by atoms with van der Waals surface area (Å²) in [5.41, 5.74) is -0.344. The van der Waals surface area contributed by atoms with Crippen LogP contribution in [0.3, 0.4) is 0 Å². The van der Waals surface area contributed by atoms with Crippen molar-refractivity contribution in [3.8, 4) is 0 Å². The lowest BCUT2D eigenvalue weighted by molar-refractivity contribution is -0.133. The first kappa shape index (κ1) is 16.5. The van der Waals surface area contributed by atoms with Gasteiger partial charge >= 0.3 is 0 Å². The maximum Gasteiger partial charge on any atom is 0.241 e. The van der Waals surface area contributed by atoms with Crippen molar-refractivity contribution in [2.45, 2.75) is 58.3 Å². The van der Waals surface area contributed by atoms with E-state index in [4.69, 9.17) is 4.74 Å². The van der Waals surface area contributed by atoms with Crippen molar-refractivity contribution in [3.63, 3.8) is 0 Å². The molecule has 1 aromatic heterocycles. The van der Waals surface area contributed by atoms with E-state index in [2.05, 4.69) is 31.3 Å². The van der Waals surface area contributed by atoms with Gasteiger partial charge in [0, 0.05) is 16.9 Å². The largest absolute Gasteiger partial charge is 0.377 e. The zero-order valence-electron chi connectivity index (χ0n) is 13.6. The van der Waals surface area contributed by atoms with Crippen LogP contribution in [-0.4, -0.2) is 36.1 Å². The zero-order valence-corrected chi connectivity index (χ0v) is 14.4. The topological polar surface area (TPSA) is 41.6 Å². The molecule has 2 unspecified atom stereocenters. The van der Waals surface area contributed by atoms with E-state index in [-0.39, 0.29) is 23.7 Å². The molecular formula is C16H26N2O2S. The minimum Gasteiger partial charge on any atom is -0.377 e. The monoisotopic (exact) mass is 310 g/mol. The van der Waals surface area contributed by atoms with Gasteiger partial charge in [0.2, 0.25) is 5.91 Å². The predicted molar refractivity (Wildman–Crippen MR) is 86.4 cm³/mol. The summed E-state index contributed by atoms with van der Waals surface area (Å²) in [6.07, 6.45) is 1.85. The second kappa shape index (κ2) is 6.46. The lowest BCUT2D eigenvalue weighted by Gasteiger charge is -2.32. The van der Waals surface area contributed by atoms with E-state index in [0.29, 0.717) is 6.54 Å². The number of rotatable bonds is 6. The minimum atomic E-state index is -0.344. The molecular weight excluding hydrogens is 284 g/mol. The quantitative estimate of drug-likeness (QED) is 0.878. The molecule has 1 fully saturated rings. The van der Waals surface area contributed by atoms with Crippen LogP contribution in [0.5, 0.6) is 0 Å². The molecule has 1 saturated heterocycles. The normalized spacial score (nSPS) is 23.1. The smallest absolute Gasteiger partial charge is 0.241 e. The molecule has 1 aromatic rings. The van der Waals surface area contributed by atoms with Gasteiger partial charge in [-0.1, -0.05) is 13.3 Å². The standard InChI is InChI=1S/C16H26N2O2S/c1-6-7-12-15(19)18(10-16(3,4)20-5)14(17-12)13-9-8-11(2)21-13/h8-9,12,14,17H,6-7,10H2,1-5H3. The Morgan fingerprint density at radius 1 is 1.43 bits per heavy atom. The fraction of sp³-hybridized carbons (Fsp3) is 0.688. The van der Waals surface area contributed by atoms with Gasteiger partial charge < -0.3 is 9.64 Å². The van der Waals surface area contributed by atoms with Crippen molar-refractivity contribution in [1.29, 1.82) is 0 Å². The number of ether oxygens (including phenoxy) is 1. The molecule has 2 rings (SSSR count). The Hall–Kier alpha value is -0.910. The van der Waals surface area contributed by atoms with Crippen molar-refractivity contribution < 1.29 is 9.53 Å². The molecule has 21 heavy (non-hydrogen) atoms. The molecule has 1 amide bonds. The molecule has 1 N–H and O–H groups in total. The Bertz CT molecular complexity index is 498. The van der Waals surface area contributed by atoms with E-state index < -0.39 is 0 Å². The summed E-state index contributed by atoms with van der Waals surface area (Å²) in [5, 5.41) is 3.50. The number of hydrogen-bond acceptors (Lipinski definition) is 4. The highest BCUT2D eigenvalue weighted by atomic mass is 32.1. The number of hydrogen-bond donors (Lipinski definition) is 1. The molecule has 1 aliphatic rings. The van der Waals surface area contributed by atoms with Crippen molar-refractivity contribution in [3.05, 3.63) is 21.9 Å². The van der Waals surface area contributed by atoms with E-state index >= 15 is 0 Å². The zero-order chi connectivity index (χ0) is 15.6. The molecule has 5 heteroatoms. The fourth-order valence-corrected chi connectivity index (χ4v) is 3.61. The summed E-state index contributed by atoms with van der Waals surface area (Å²) in [5.74, 6) is 0.193. The lowest BCUT2D eigenvalue weighted by Crippen LogP contribution is -2.43. The third kappa shape index (κ3) is 3.65. The summed E-state index contributed by atoms with van der Waals surface area (Å²) < 4.78 is 5.51. The lowest BCUT2D eigenvalue weighted by atomic mass is 10.1. The summed E-state index contributed by atoms with van der Waals surface area (Å²) in [4.78, 5) is 17.1. The van der Waals surface area contributed by atoms with Crippen molar-refractivity contribution >= 4 is 17.2 Å². The minimum absolute atomic E-state index is 0.0258. The molecule has 0 radical (unpaired) electrons. The van der Waals surface area contributed by atoms with E-state index in [9.17, 15) is 4.79 Å².